The number of alkyl halides is 3. The summed E-state index contributed by atoms with van der Waals surface area (Å²) < 4.78 is 36.8. The van der Waals surface area contributed by atoms with Gasteiger partial charge in [-0.05, 0) is 23.5 Å². The molecule has 1 aromatic carbocycles. The molecule has 1 atom stereocenters. The summed E-state index contributed by atoms with van der Waals surface area (Å²) in [7, 11) is 0. The van der Waals surface area contributed by atoms with Crippen LogP contribution in [0.1, 0.15) is 31.1 Å². The second kappa shape index (κ2) is 4.87. The average molecular weight is 232 g/mol. The normalized spacial score (nSPS) is 14.2. The van der Waals surface area contributed by atoms with Gasteiger partial charge in [0.25, 0.3) is 0 Å². The molecule has 1 aromatic rings. The third kappa shape index (κ3) is 3.52. The second-order valence-electron chi connectivity index (χ2n) is 4.29. The third-order valence-corrected chi connectivity index (χ3v) is 2.22. The fraction of sp³-hybridized carbons (Fsp3) is 0.500. The van der Waals surface area contributed by atoms with E-state index in [0.29, 0.717) is 12.3 Å². The van der Waals surface area contributed by atoms with E-state index >= 15 is 0 Å². The Hall–Kier alpha value is -1.03. The highest BCUT2D eigenvalue weighted by Crippen LogP contribution is 2.32. The first-order valence-electron chi connectivity index (χ1n) is 5.14. The highest BCUT2D eigenvalue weighted by atomic mass is 19.4. The number of halogens is 3. The molecule has 0 aliphatic rings. The molecule has 0 aliphatic heterocycles. The topological polar surface area (TPSA) is 20.2 Å². The largest absolute Gasteiger partial charge is 0.418 e. The van der Waals surface area contributed by atoms with E-state index in [4.69, 9.17) is 5.11 Å². The highest BCUT2D eigenvalue weighted by molar-refractivity contribution is 5.26. The number of hydrogen-bond acceptors (Lipinski definition) is 1. The predicted molar refractivity (Wildman–Crippen MR) is 56.0 cm³/mol. The molecule has 0 saturated carbocycles. The molecule has 1 N–H and O–H groups in total. The Morgan fingerprint density at radius 3 is 2.38 bits per heavy atom. The molecule has 0 aliphatic carbocycles. The molecule has 0 spiro atoms. The molecule has 1 rings (SSSR count). The Morgan fingerprint density at radius 1 is 1.25 bits per heavy atom. The predicted octanol–water partition coefficient (Wildman–Crippen LogP) is 3.48. The monoisotopic (exact) mass is 232 g/mol. The van der Waals surface area contributed by atoms with Crippen molar-refractivity contribution >= 4 is 0 Å². The zero-order chi connectivity index (χ0) is 12.3. The van der Waals surface area contributed by atoms with Gasteiger partial charge in [-0.15, -0.1) is 0 Å². The van der Waals surface area contributed by atoms with Gasteiger partial charge in [-0.2, -0.15) is 13.2 Å². The summed E-state index contributed by atoms with van der Waals surface area (Å²) in [5, 5.41) is 9.09. The lowest BCUT2D eigenvalue weighted by atomic mass is 9.99. The lowest BCUT2D eigenvalue weighted by Gasteiger charge is -2.16. The van der Waals surface area contributed by atoms with Crippen molar-refractivity contribution in [2.75, 3.05) is 0 Å². The van der Waals surface area contributed by atoms with Crippen LogP contribution in [0.15, 0.2) is 24.3 Å². The van der Waals surface area contributed by atoms with Crippen molar-refractivity contribution < 1.29 is 18.3 Å². The summed E-state index contributed by atoms with van der Waals surface area (Å²) in [4.78, 5) is 0. The maximum absolute atomic E-state index is 12.3. The van der Waals surface area contributed by atoms with Crippen LogP contribution in [0.5, 0.6) is 0 Å². The molecular weight excluding hydrogens is 217 g/mol. The van der Waals surface area contributed by atoms with Crippen LogP contribution in [-0.4, -0.2) is 11.3 Å². The molecular formula is C12H15F3O. The minimum Gasteiger partial charge on any atom is -0.379 e. The van der Waals surface area contributed by atoms with Crippen molar-refractivity contribution in [2.24, 2.45) is 5.92 Å². The highest BCUT2D eigenvalue weighted by Gasteiger charge is 2.39. The van der Waals surface area contributed by atoms with Gasteiger partial charge in [-0.3, -0.25) is 0 Å². The zero-order valence-corrected chi connectivity index (χ0v) is 9.25. The zero-order valence-electron chi connectivity index (χ0n) is 9.25. The van der Waals surface area contributed by atoms with Gasteiger partial charge in [0, 0.05) is 0 Å². The Morgan fingerprint density at radius 2 is 1.88 bits per heavy atom. The summed E-state index contributed by atoms with van der Waals surface area (Å²) in [5.74, 6) is 0.373. The first-order chi connectivity index (χ1) is 7.30. The lowest BCUT2D eigenvalue weighted by molar-refractivity contribution is -0.206. The van der Waals surface area contributed by atoms with Crippen LogP contribution >= 0.6 is 0 Å². The number of rotatable bonds is 3. The van der Waals surface area contributed by atoms with Gasteiger partial charge in [0.15, 0.2) is 6.10 Å². The summed E-state index contributed by atoms with van der Waals surface area (Å²) in [6.45, 7) is 3.99. The maximum atomic E-state index is 12.3. The van der Waals surface area contributed by atoms with Gasteiger partial charge < -0.3 is 5.11 Å². The molecule has 0 saturated heterocycles. The van der Waals surface area contributed by atoms with Gasteiger partial charge in [0.2, 0.25) is 0 Å². The van der Waals surface area contributed by atoms with Crippen molar-refractivity contribution in [3.8, 4) is 0 Å². The molecule has 16 heavy (non-hydrogen) atoms. The first kappa shape index (κ1) is 13.0. The van der Waals surface area contributed by atoms with Gasteiger partial charge in [0.05, 0.1) is 0 Å². The molecule has 0 fully saturated rings. The van der Waals surface area contributed by atoms with E-state index in [1.165, 1.54) is 12.1 Å². The molecule has 0 amide bonds. The van der Waals surface area contributed by atoms with E-state index in [9.17, 15) is 13.2 Å². The van der Waals surface area contributed by atoms with Crippen LogP contribution in [0.25, 0.3) is 0 Å². The molecule has 4 heteroatoms. The summed E-state index contributed by atoms with van der Waals surface area (Å²) >= 11 is 0. The Kier molecular flexibility index (Phi) is 3.97. The van der Waals surface area contributed by atoms with Crippen molar-refractivity contribution in [1.82, 2.24) is 0 Å². The van der Waals surface area contributed by atoms with Crippen LogP contribution in [-0.2, 0) is 6.42 Å². The molecule has 90 valence electrons. The Labute approximate surface area is 92.9 Å². The lowest BCUT2D eigenvalue weighted by Crippen LogP contribution is -2.20. The van der Waals surface area contributed by atoms with Crippen LogP contribution in [0, 0.1) is 5.92 Å². The van der Waals surface area contributed by atoms with E-state index in [1.54, 1.807) is 12.1 Å². The molecule has 0 radical (unpaired) electrons. The van der Waals surface area contributed by atoms with Gasteiger partial charge >= 0.3 is 6.18 Å². The second-order valence-corrected chi connectivity index (χ2v) is 4.29. The fourth-order valence-electron chi connectivity index (χ4n) is 1.55. The summed E-state index contributed by atoms with van der Waals surface area (Å²) in [5.41, 5.74) is 0.724. The molecule has 0 bridgehead atoms. The standard InChI is InChI=1S/C12H15F3O/c1-8(2)6-9-4-3-5-10(7-9)11(16)12(13,14)15/h3-5,7-8,11,16H,6H2,1-2H3. The molecule has 0 aromatic heterocycles. The molecule has 1 unspecified atom stereocenters. The van der Waals surface area contributed by atoms with Crippen molar-refractivity contribution in [3.63, 3.8) is 0 Å². The first-order valence-corrected chi connectivity index (χ1v) is 5.14. The van der Waals surface area contributed by atoms with Gasteiger partial charge in [-0.25, -0.2) is 0 Å². The van der Waals surface area contributed by atoms with Crippen molar-refractivity contribution in [1.29, 1.82) is 0 Å². The SMILES string of the molecule is CC(C)Cc1cccc(C(O)C(F)(F)F)c1. The van der Waals surface area contributed by atoms with Crippen molar-refractivity contribution in [3.05, 3.63) is 35.4 Å². The van der Waals surface area contributed by atoms with Crippen LogP contribution in [0.3, 0.4) is 0 Å². The van der Waals surface area contributed by atoms with Gasteiger partial charge in [0.1, 0.15) is 0 Å². The molecule has 0 heterocycles. The summed E-state index contributed by atoms with van der Waals surface area (Å²) in [6.07, 6.45) is -6.28. The average Bonchev–Trinajstić information content (AvgIpc) is 2.14. The summed E-state index contributed by atoms with van der Waals surface area (Å²) in [6, 6.07) is 6.02. The van der Waals surface area contributed by atoms with E-state index in [0.717, 1.165) is 5.56 Å². The smallest absolute Gasteiger partial charge is 0.379 e. The minimum atomic E-state index is -4.60. The van der Waals surface area contributed by atoms with Crippen LogP contribution in [0.2, 0.25) is 0 Å². The number of benzene rings is 1. The minimum absolute atomic E-state index is 0.0920. The van der Waals surface area contributed by atoms with E-state index in [2.05, 4.69) is 0 Å². The van der Waals surface area contributed by atoms with Crippen molar-refractivity contribution in [2.45, 2.75) is 32.5 Å². The molecule has 1 nitrogen and oxygen atoms in total. The number of aliphatic hydroxyl groups is 1. The third-order valence-electron chi connectivity index (χ3n) is 2.22. The van der Waals surface area contributed by atoms with E-state index in [1.807, 2.05) is 13.8 Å². The maximum Gasteiger partial charge on any atom is 0.418 e. The Bertz CT molecular complexity index is 344. The number of hydrogen-bond donors (Lipinski definition) is 1. The van der Waals surface area contributed by atoms with E-state index < -0.39 is 12.3 Å². The Balaban J connectivity index is 2.90. The van der Waals surface area contributed by atoms with E-state index in [-0.39, 0.29) is 5.56 Å². The van der Waals surface area contributed by atoms with Crippen LogP contribution in [0.4, 0.5) is 13.2 Å². The van der Waals surface area contributed by atoms with Gasteiger partial charge in [-0.1, -0.05) is 38.1 Å². The number of aliphatic hydroxyl groups excluding tert-OH is 1. The van der Waals surface area contributed by atoms with Crippen LogP contribution < -0.4 is 0 Å². The quantitative estimate of drug-likeness (QED) is 0.845. The fourth-order valence-corrected chi connectivity index (χ4v) is 1.55.